The molecule has 3 nitrogen and oxygen atoms in total. The Morgan fingerprint density at radius 2 is 2.05 bits per heavy atom. The van der Waals surface area contributed by atoms with E-state index in [1.54, 1.807) is 0 Å². The van der Waals surface area contributed by atoms with Crippen LogP contribution in [0.15, 0.2) is 0 Å². The van der Waals surface area contributed by atoms with Gasteiger partial charge in [0.15, 0.2) is 0 Å². The summed E-state index contributed by atoms with van der Waals surface area (Å²) in [6.45, 7) is 7.12. The maximum absolute atomic E-state index is 11.9. The molecule has 19 heavy (non-hydrogen) atoms. The minimum atomic E-state index is 0.0136. The topological polar surface area (TPSA) is 38.3 Å². The van der Waals surface area contributed by atoms with Crippen molar-refractivity contribution in [2.45, 2.75) is 77.8 Å². The summed E-state index contributed by atoms with van der Waals surface area (Å²) in [5.41, 5.74) is 0.414. The van der Waals surface area contributed by atoms with Crippen LogP contribution in [0, 0.1) is 11.3 Å². The molecule has 3 unspecified atom stereocenters. The minimum Gasteiger partial charge on any atom is -0.466 e. The van der Waals surface area contributed by atoms with Gasteiger partial charge in [0, 0.05) is 12.1 Å². The summed E-state index contributed by atoms with van der Waals surface area (Å²) >= 11 is 0. The summed E-state index contributed by atoms with van der Waals surface area (Å²) in [5, 5.41) is 3.83. The van der Waals surface area contributed by atoms with Crippen molar-refractivity contribution in [2.75, 3.05) is 6.61 Å². The van der Waals surface area contributed by atoms with Gasteiger partial charge in [-0.25, -0.2) is 0 Å². The third kappa shape index (κ3) is 3.71. The molecule has 0 aromatic heterocycles. The average Bonchev–Trinajstić information content (AvgIpc) is 2.69. The molecule has 0 aliphatic heterocycles. The number of esters is 1. The quantitative estimate of drug-likeness (QED) is 0.794. The summed E-state index contributed by atoms with van der Waals surface area (Å²) < 4.78 is 5.17. The smallest absolute Gasteiger partial charge is 0.308 e. The van der Waals surface area contributed by atoms with Crippen molar-refractivity contribution in [1.82, 2.24) is 5.32 Å². The maximum Gasteiger partial charge on any atom is 0.308 e. The second kappa shape index (κ2) is 6.25. The summed E-state index contributed by atoms with van der Waals surface area (Å²) in [6.07, 6.45) is 8.26. The fraction of sp³-hybridized carbons (Fsp3) is 0.938. The van der Waals surface area contributed by atoms with Crippen molar-refractivity contribution in [2.24, 2.45) is 11.3 Å². The van der Waals surface area contributed by atoms with E-state index in [-0.39, 0.29) is 11.9 Å². The lowest BCUT2D eigenvalue weighted by atomic mass is 9.82. The number of nitrogens with one attached hydrogen (secondary N) is 1. The summed E-state index contributed by atoms with van der Waals surface area (Å²) in [6, 6.07) is 1.13. The molecule has 0 saturated heterocycles. The Kier molecular flexibility index (Phi) is 4.88. The third-order valence-corrected chi connectivity index (χ3v) is 4.99. The highest BCUT2D eigenvalue weighted by atomic mass is 16.5. The van der Waals surface area contributed by atoms with Crippen LogP contribution in [-0.4, -0.2) is 24.7 Å². The van der Waals surface area contributed by atoms with Crippen molar-refractivity contribution in [1.29, 1.82) is 0 Å². The van der Waals surface area contributed by atoms with E-state index in [1.807, 2.05) is 6.92 Å². The van der Waals surface area contributed by atoms with Gasteiger partial charge in [0.25, 0.3) is 0 Å². The number of rotatable bonds is 4. The molecule has 0 amide bonds. The predicted molar refractivity (Wildman–Crippen MR) is 76.9 cm³/mol. The zero-order valence-corrected chi connectivity index (χ0v) is 12.7. The highest BCUT2D eigenvalue weighted by Crippen LogP contribution is 2.38. The monoisotopic (exact) mass is 267 g/mol. The first-order chi connectivity index (χ1) is 9.03. The first-order valence-corrected chi connectivity index (χ1v) is 7.95. The normalized spacial score (nSPS) is 34.2. The van der Waals surface area contributed by atoms with E-state index in [2.05, 4.69) is 19.2 Å². The Hall–Kier alpha value is -0.570. The SMILES string of the molecule is CCOC(=O)C1CCCC(NC2CCCC2(C)C)C1. The second-order valence-electron chi connectivity index (χ2n) is 6.91. The molecule has 0 heterocycles. The molecule has 2 aliphatic rings. The lowest BCUT2D eigenvalue weighted by Crippen LogP contribution is -2.46. The molecule has 0 aromatic carbocycles. The molecule has 1 N–H and O–H groups in total. The van der Waals surface area contributed by atoms with E-state index in [0.29, 0.717) is 24.1 Å². The molecule has 3 atom stereocenters. The van der Waals surface area contributed by atoms with Crippen LogP contribution in [-0.2, 0) is 9.53 Å². The Morgan fingerprint density at radius 1 is 1.26 bits per heavy atom. The first-order valence-electron chi connectivity index (χ1n) is 7.95. The lowest BCUT2D eigenvalue weighted by Gasteiger charge is -2.35. The van der Waals surface area contributed by atoms with Gasteiger partial charge in [0.1, 0.15) is 0 Å². The van der Waals surface area contributed by atoms with Gasteiger partial charge in [-0.3, -0.25) is 4.79 Å². The summed E-state index contributed by atoms with van der Waals surface area (Å²) in [7, 11) is 0. The van der Waals surface area contributed by atoms with Crippen LogP contribution in [0.25, 0.3) is 0 Å². The van der Waals surface area contributed by atoms with Gasteiger partial charge in [-0.15, -0.1) is 0 Å². The Labute approximate surface area is 117 Å². The molecule has 0 aromatic rings. The van der Waals surface area contributed by atoms with E-state index in [9.17, 15) is 4.79 Å². The van der Waals surface area contributed by atoms with E-state index < -0.39 is 0 Å². The molecule has 2 saturated carbocycles. The highest BCUT2D eigenvalue weighted by Gasteiger charge is 2.37. The zero-order valence-electron chi connectivity index (χ0n) is 12.7. The van der Waals surface area contributed by atoms with E-state index in [0.717, 1.165) is 19.3 Å². The first kappa shape index (κ1) is 14.8. The molecule has 0 radical (unpaired) electrons. The maximum atomic E-state index is 11.9. The summed E-state index contributed by atoms with van der Waals surface area (Å²) in [4.78, 5) is 11.9. The number of hydrogen-bond acceptors (Lipinski definition) is 3. The Balaban J connectivity index is 1.86. The van der Waals surface area contributed by atoms with Crippen LogP contribution >= 0.6 is 0 Å². The van der Waals surface area contributed by atoms with Gasteiger partial charge in [-0.1, -0.05) is 26.7 Å². The second-order valence-corrected chi connectivity index (χ2v) is 6.91. The predicted octanol–water partition coefficient (Wildman–Crippen LogP) is 3.28. The number of ether oxygens (including phenoxy) is 1. The molecular formula is C16H29NO2. The van der Waals surface area contributed by atoms with Crippen LogP contribution in [0.2, 0.25) is 0 Å². The fourth-order valence-corrected chi connectivity index (χ4v) is 3.74. The Morgan fingerprint density at radius 3 is 2.68 bits per heavy atom. The van der Waals surface area contributed by atoms with Gasteiger partial charge < -0.3 is 10.1 Å². The van der Waals surface area contributed by atoms with Crippen LogP contribution in [0.4, 0.5) is 0 Å². The molecule has 0 spiro atoms. The Bertz CT molecular complexity index is 314. The van der Waals surface area contributed by atoms with Crippen LogP contribution in [0.5, 0.6) is 0 Å². The average molecular weight is 267 g/mol. The number of carbonyl (C=O) groups excluding carboxylic acids is 1. The molecule has 110 valence electrons. The van der Waals surface area contributed by atoms with E-state index in [4.69, 9.17) is 4.74 Å². The van der Waals surface area contributed by atoms with Crippen molar-refractivity contribution >= 4 is 5.97 Å². The van der Waals surface area contributed by atoms with Gasteiger partial charge in [0.2, 0.25) is 0 Å². The van der Waals surface area contributed by atoms with Crippen molar-refractivity contribution in [3.05, 3.63) is 0 Å². The largest absolute Gasteiger partial charge is 0.466 e. The van der Waals surface area contributed by atoms with Gasteiger partial charge in [-0.05, 0) is 44.4 Å². The van der Waals surface area contributed by atoms with E-state index >= 15 is 0 Å². The van der Waals surface area contributed by atoms with Crippen LogP contribution in [0.1, 0.15) is 65.7 Å². The molecule has 2 aliphatic carbocycles. The molecule has 2 fully saturated rings. The third-order valence-electron chi connectivity index (χ3n) is 4.99. The lowest BCUT2D eigenvalue weighted by molar-refractivity contribution is -0.149. The minimum absolute atomic E-state index is 0.0136. The highest BCUT2D eigenvalue weighted by molar-refractivity contribution is 5.72. The van der Waals surface area contributed by atoms with Gasteiger partial charge in [0.05, 0.1) is 12.5 Å². The summed E-state index contributed by atoms with van der Waals surface area (Å²) in [5.74, 6) is 0.135. The molecular weight excluding hydrogens is 238 g/mol. The molecule has 3 heteroatoms. The zero-order chi connectivity index (χ0) is 13.9. The number of carbonyl (C=O) groups is 1. The van der Waals surface area contributed by atoms with Crippen LogP contribution < -0.4 is 5.32 Å². The van der Waals surface area contributed by atoms with E-state index in [1.165, 1.54) is 25.7 Å². The van der Waals surface area contributed by atoms with Gasteiger partial charge >= 0.3 is 5.97 Å². The van der Waals surface area contributed by atoms with Crippen molar-refractivity contribution in [3.8, 4) is 0 Å². The fourth-order valence-electron chi connectivity index (χ4n) is 3.74. The standard InChI is InChI=1S/C16H29NO2/c1-4-19-15(18)12-7-5-8-13(11-12)17-14-9-6-10-16(14,2)3/h12-14,17H,4-11H2,1-3H3. The van der Waals surface area contributed by atoms with Gasteiger partial charge in [-0.2, -0.15) is 0 Å². The molecule has 0 bridgehead atoms. The van der Waals surface area contributed by atoms with Crippen molar-refractivity contribution in [3.63, 3.8) is 0 Å². The molecule has 2 rings (SSSR count). The number of hydrogen-bond donors (Lipinski definition) is 1. The van der Waals surface area contributed by atoms with Crippen LogP contribution in [0.3, 0.4) is 0 Å². The van der Waals surface area contributed by atoms with Crippen molar-refractivity contribution < 1.29 is 9.53 Å².